The number of carbonyl (C=O) groups is 1. The summed E-state index contributed by atoms with van der Waals surface area (Å²) in [5.74, 6) is -0.258. The lowest BCUT2D eigenvalue weighted by Gasteiger charge is -2.20. The second kappa shape index (κ2) is 7.19. The first kappa shape index (κ1) is 18.6. The summed E-state index contributed by atoms with van der Waals surface area (Å²) in [6.07, 6.45) is 3.20. The molecule has 1 heterocycles. The summed E-state index contributed by atoms with van der Waals surface area (Å²) in [7, 11) is 0. The summed E-state index contributed by atoms with van der Waals surface area (Å²) in [6.45, 7) is 7.92. The van der Waals surface area contributed by atoms with E-state index in [4.69, 9.17) is 0 Å². The molecular formula is C22H23N3O2. The van der Waals surface area contributed by atoms with E-state index < -0.39 is 0 Å². The standard InChI is InChI=1S/C22H23N3O2/c1-16(26)25(23-15-17-9-11-18(12-10-17)22(2,3)4)24-14-13-21(27)19-7-5-6-8-20(19)24/h5-15H,1-4H3. The quantitative estimate of drug-likeness (QED) is 0.526. The number of carbonyl (C=O) groups excluding carboxylic acids is 1. The minimum absolute atomic E-state index is 0.0793. The monoisotopic (exact) mass is 361 g/mol. The van der Waals surface area contributed by atoms with Crippen LogP contribution in [0.15, 0.2) is 70.7 Å². The molecule has 3 rings (SSSR count). The lowest BCUT2D eigenvalue weighted by atomic mass is 9.87. The van der Waals surface area contributed by atoms with Crippen LogP contribution in [0, 0.1) is 0 Å². The van der Waals surface area contributed by atoms with Crippen molar-refractivity contribution in [3.05, 3.63) is 82.1 Å². The van der Waals surface area contributed by atoms with Crippen LogP contribution >= 0.6 is 0 Å². The molecule has 0 N–H and O–H groups in total. The van der Waals surface area contributed by atoms with Gasteiger partial charge < -0.3 is 0 Å². The number of hydrogen-bond donors (Lipinski definition) is 0. The maximum absolute atomic E-state index is 12.2. The van der Waals surface area contributed by atoms with Crippen LogP contribution in [-0.4, -0.2) is 16.8 Å². The fraction of sp³-hybridized carbons (Fsp3) is 0.227. The Morgan fingerprint density at radius 1 is 1.04 bits per heavy atom. The Hall–Kier alpha value is -3.21. The molecule has 0 aliphatic carbocycles. The zero-order valence-corrected chi connectivity index (χ0v) is 16.0. The molecule has 0 unspecified atom stereocenters. The van der Waals surface area contributed by atoms with E-state index in [9.17, 15) is 9.59 Å². The predicted molar refractivity (Wildman–Crippen MR) is 110 cm³/mol. The zero-order chi connectivity index (χ0) is 19.6. The van der Waals surface area contributed by atoms with Gasteiger partial charge in [-0.05, 0) is 28.7 Å². The molecule has 0 aliphatic rings. The van der Waals surface area contributed by atoms with Crippen molar-refractivity contribution in [1.29, 1.82) is 0 Å². The van der Waals surface area contributed by atoms with Crippen LogP contribution in [0.3, 0.4) is 0 Å². The van der Waals surface area contributed by atoms with Crippen molar-refractivity contribution >= 4 is 23.0 Å². The highest BCUT2D eigenvalue weighted by Gasteiger charge is 2.14. The SMILES string of the molecule is CC(=O)N(N=Cc1ccc(C(C)(C)C)cc1)n1ccc(=O)c2ccccc21. The molecule has 27 heavy (non-hydrogen) atoms. The van der Waals surface area contributed by atoms with Crippen molar-refractivity contribution in [1.82, 2.24) is 4.68 Å². The topological polar surface area (TPSA) is 54.7 Å². The zero-order valence-electron chi connectivity index (χ0n) is 16.0. The number of hydrogen-bond acceptors (Lipinski definition) is 3. The Kier molecular flexibility index (Phi) is 4.95. The molecule has 0 fully saturated rings. The number of benzene rings is 2. The van der Waals surface area contributed by atoms with Crippen LogP contribution in [0.25, 0.3) is 10.9 Å². The minimum atomic E-state index is -0.258. The van der Waals surface area contributed by atoms with E-state index >= 15 is 0 Å². The fourth-order valence-corrected chi connectivity index (χ4v) is 2.83. The summed E-state index contributed by atoms with van der Waals surface area (Å²) in [4.78, 5) is 24.3. The first-order valence-electron chi connectivity index (χ1n) is 8.83. The number of nitrogens with zero attached hydrogens (tertiary/aromatic N) is 3. The third kappa shape index (κ3) is 3.97. The first-order chi connectivity index (χ1) is 12.8. The summed E-state index contributed by atoms with van der Waals surface area (Å²) < 4.78 is 1.58. The number of fused-ring (bicyclic) bond motifs is 1. The van der Waals surface area contributed by atoms with Crippen LogP contribution < -0.4 is 10.5 Å². The van der Waals surface area contributed by atoms with Gasteiger partial charge >= 0.3 is 0 Å². The number of amides is 1. The van der Waals surface area contributed by atoms with Gasteiger partial charge in [-0.3, -0.25) is 9.59 Å². The van der Waals surface area contributed by atoms with E-state index in [1.54, 1.807) is 35.3 Å². The van der Waals surface area contributed by atoms with Crippen molar-refractivity contribution in [3.8, 4) is 0 Å². The summed E-state index contributed by atoms with van der Waals surface area (Å²) in [5.41, 5.74) is 2.73. The number of aromatic nitrogens is 1. The van der Waals surface area contributed by atoms with Gasteiger partial charge in [0.1, 0.15) is 0 Å². The maximum Gasteiger partial charge on any atom is 0.259 e. The van der Waals surface area contributed by atoms with Gasteiger partial charge in [0, 0.05) is 24.6 Å². The van der Waals surface area contributed by atoms with Crippen molar-refractivity contribution in [2.24, 2.45) is 5.10 Å². The molecule has 0 spiro atoms. The normalized spacial score (nSPS) is 11.9. The summed E-state index contributed by atoms with van der Waals surface area (Å²) in [6, 6.07) is 16.7. The van der Waals surface area contributed by atoms with Gasteiger partial charge in [-0.2, -0.15) is 5.10 Å². The lowest BCUT2D eigenvalue weighted by Crippen LogP contribution is -2.34. The Balaban J connectivity index is 1.98. The molecule has 0 aliphatic heterocycles. The molecule has 0 atom stereocenters. The average Bonchev–Trinajstić information content (AvgIpc) is 2.63. The van der Waals surface area contributed by atoms with Gasteiger partial charge in [-0.15, -0.1) is 5.12 Å². The third-order valence-electron chi connectivity index (χ3n) is 4.36. The maximum atomic E-state index is 12.2. The van der Waals surface area contributed by atoms with Gasteiger partial charge in [-0.1, -0.05) is 57.2 Å². The van der Waals surface area contributed by atoms with Crippen molar-refractivity contribution in [3.63, 3.8) is 0 Å². The largest absolute Gasteiger partial charge is 0.289 e. The smallest absolute Gasteiger partial charge is 0.259 e. The van der Waals surface area contributed by atoms with Crippen LogP contribution in [0.2, 0.25) is 0 Å². The molecule has 5 nitrogen and oxygen atoms in total. The molecule has 3 aromatic rings. The van der Waals surface area contributed by atoms with Gasteiger partial charge in [0.15, 0.2) is 5.43 Å². The van der Waals surface area contributed by atoms with Crippen LogP contribution in [0.5, 0.6) is 0 Å². The molecule has 2 aromatic carbocycles. The van der Waals surface area contributed by atoms with E-state index in [0.29, 0.717) is 10.9 Å². The van der Waals surface area contributed by atoms with Gasteiger partial charge in [-0.25, -0.2) is 4.68 Å². The Morgan fingerprint density at radius 2 is 1.70 bits per heavy atom. The van der Waals surface area contributed by atoms with E-state index in [-0.39, 0.29) is 16.8 Å². The molecular weight excluding hydrogens is 338 g/mol. The molecule has 1 aromatic heterocycles. The minimum Gasteiger partial charge on any atom is -0.289 e. The Bertz CT molecular complexity index is 1060. The second-order valence-corrected chi connectivity index (χ2v) is 7.47. The van der Waals surface area contributed by atoms with Crippen molar-refractivity contribution < 1.29 is 4.79 Å². The van der Waals surface area contributed by atoms with E-state index in [1.165, 1.54) is 23.7 Å². The highest BCUT2D eigenvalue weighted by molar-refractivity contribution is 5.89. The molecule has 0 saturated carbocycles. The predicted octanol–water partition coefficient (Wildman–Crippen LogP) is 3.82. The second-order valence-electron chi connectivity index (χ2n) is 7.47. The van der Waals surface area contributed by atoms with Crippen LogP contribution in [-0.2, 0) is 10.2 Å². The first-order valence-corrected chi connectivity index (χ1v) is 8.83. The van der Waals surface area contributed by atoms with Crippen LogP contribution in [0.4, 0.5) is 0 Å². The fourth-order valence-electron chi connectivity index (χ4n) is 2.83. The molecule has 0 saturated heterocycles. The van der Waals surface area contributed by atoms with Gasteiger partial charge in [0.05, 0.1) is 11.7 Å². The summed E-state index contributed by atoms with van der Waals surface area (Å²) >= 11 is 0. The van der Waals surface area contributed by atoms with Gasteiger partial charge in [0.25, 0.3) is 5.91 Å². The Labute approximate surface area is 158 Å². The number of rotatable bonds is 3. The molecule has 0 radical (unpaired) electrons. The highest BCUT2D eigenvalue weighted by Crippen LogP contribution is 2.21. The van der Waals surface area contributed by atoms with E-state index in [2.05, 4.69) is 38.0 Å². The number of pyridine rings is 1. The number of hydrazone groups is 1. The Morgan fingerprint density at radius 3 is 2.33 bits per heavy atom. The van der Waals surface area contributed by atoms with Gasteiger partial charge in [0.2, 0.25) is 0 Å². The van der Waals surface area contributed by atoms with Crippen molar-refractivity contribution in [2.45, 2.75) is 33.1 Å². The third-order valence-corrected chi connectivity index (χ3v) is 4.36. The molecule has 5 heteroatoms. The van der Waals surface area contributed by atoms with E-state index in [1.807, 2.05) is 18.2 Å². The highest BCUT2D eigenvalue weighted by atomic mass is 16.2. The molecule has 0 bridgehead atoms. The molecule has 1 amide bonds. The lowest BCUT2D eigenvalue weighted by molar-refractivity contribution is -0.118. The number of para-hydroxylation sites is 1. The van der Waals surface area contributed by atoms with E-state index in [0.717, 1.165) is 5.56 Å². The average molecular weight is 361 g/mol. The molecule has 138 valence electrons. The van der Waals surface area contributed by atoms with Crippen LogP contribution in [0.1, 0.15) is 38.8 Å². The summed E-state index contributed by atoms with van der Waals surface area (Å²) in [5, 5.41) is 6.14. The van der Waals surface area contributed by atoms with Crippen molar-refractivity contribution in [2.75, 3.05) is 5.12 Å².